The lowest BCUT2D eigenvalue weighted by atomic mass is 9.82. The highest BCUT2D eigenvalue weighted by Crippen LogP contribution is 2.41. The molecular weight excluding hydrogens is 230 g/mol. The lowest BCUT2D eigenvalue weighted by Gasteiger charge is -2.38. The summed E-state index contributed by atoms with van der Waals surface area (Å²) >= 11 is 2.08. The highest BCUT2D eigenvalue weighted by Gasteiger charge is 2.40. The van der Waals surface area contributed by atoms with Crippen molar-refractivity contribution in [2.75, 3.05) is 24.7 Å². The highest BCUT2D eigenvalue weighted by molar-refractivity contribution is 7.99. The van der Waals surface area contributed by atoms with Gasteiger partial charge < -0.3 is 10.1 Å². The zero-order valence-corrected chi connectivity index (χ0v) is 12.2. The summed E-state index contributed by atoms with van der Waals surface area (Å²) in [6.07, 6.45) is 6.59. The van der Waals surface area contributed by atoms with Gasteiger partial charge in [-0.15, -0.1) is 0 Å². The van der Waals surface area contributed by atoms with E-state index in [1.54, 1.807) is 0 Å². The second kappa shape index (κ2) is 6.44. The summed E-state index contributed by atoms with van der Waals surface area (Å²) < 4.78 is 6.07. The second-order valence-electron chi connectivity index (χ2n) is 5.73. The van der Waals surface area contributed by atoms with Crippen LogP contribution in [0.2, 0.25) is 0 Å². The molecule has 3 unspecified atom stereocenters. The molecule has 0 radical (unpaired) electrons. The van der Waals surface area contributed by atoms with E-state index in [4.69, 9.17) is 4.74 Å². The normalized spacial score (nSPS) is 35.3. The minimum atomic E-state index is 0.273. The molecule has 0 aliphatic carbocycles. The zero-order valence-electron chi connectivity index (χ0n) is 11.3. The Morgan fingerprint density at radius 3 is 3.12 bits per heavy atom. The molecule has 2 heterocycles. The molecule has 0 aromatic carbocycles. The van der Waals surface area contributed by atoms with Gasteiger partial charge in [-0.05, 0) is 57.2 Å². The summed E-state index contributed by atoms with van der Waals surface area (Å²) in [5, 5.41) is 3.51. The van der Waals surface area contributed by atoms with Crippen molar-refractivity contribution in [2.24, 2.45) is 5.92 Å². The van der Waals surface area contributed by atoms with Crippen LogP contribution in [0.15, 0.2) is 0 Å². The minimum absolute atomic E-state index is 0.273. The molecule has 1 spiro atoms. The Morgan fingerprint density at radius 1 is 1.53 bits per heavy atom. The van der Waals surface area contributed by atoms with E-state index in [1.807, 2.05) is 0 Å². The third-order valence-corrected chi connectivity index (χ3v) is 5.45. The molecule has 3 atom stereocenters. The number of thioether (sulfide) groups is 1. The largest absolute Gasteiger partial charge is 0.374 e. The Morgan fingerprint density at radius 2 is 2.41 bits per heavy atom. The third-order valence-electron chi connectivity index (χ3n) is 4.22. The van der Waals surface area contributed by atoms with Crippen LogP contribution >= 0.6 is 11.8 Å². The van der Waals surface area contributed by atoms with E-state index >= 15 is 0 Å². The summed E-state index contributed by atoms with van der Waals surface area (Å²) in [6.45, 7) is 6.59. The lowest BCUT2D eigenvalue weighted by molar-refractivity contribution is -0.0809. The average Bonchev–Trinajstić information content (AvgIpc) is 2.75. The van der Waals surface area contributed by atoms with Crippen molar-refractivity contribution in [2.45, 2.75) is 57.6 Å². The van der Waals surface area contributed by atoms with Crippen LogP contribution in [0.1, 0.15) is 46.0 Å². The average molecular weight is 257 g/mol. The smallest absolute Gasteiger partial charge is 0.0783 e. The maximum Gasteiger partial charge on any atom is 0.0783 e. The van der Waals surface area contributed by atoms with E-state index in [0.717, 1.165) is 19.1 Å². The van der Waals surface area contributed by atoms with E-state index in [9.17, 15) is 0 Å². The van der Waals surface area contributed by atoms with Gasteiger partial charge in [0.15, 0.2) is 0 Å². The van der Waals surface area contributed by atoms with E-state index in [2.05, 4.69) is 30.9 Å². The Labute approximate surface area is 110 Å². The maximum atomic E-state index is 6.07. The summed E-state index contributed by atoms with van der Waals surface area (Å²) in [6, 6.07) is 0.678. The Bertz CT molecular complexity index is 228. The molecule has 3 heteroatoms. The predicted octanol–water partition coefficient (Wildman–Crippen LogP) is 3.07. The summed E-state index contributed by atoms with van der Waals surface area (Å²) in [4.78, 5) is 0. The first kappa shape index (κ1) is 13.7. The highest BCUT2D eigenvalue weighted by atomic mass is 32.2. The van der Waals surface area contributed by atoms with Crippen LogP contribution in [-0.2, 0) is 4.74 Å². The van der Waals surface area contributed by atoms with E-state index in [-0.39, 0.29) is 5.60 Å². The first-order valence-electron chi connectivity index (χ1n) is 7.19. The van der Waals surface area contributed by atoms with Gasteiger partial charge >= 0.3 is 0 Å². The number of ether oxygens (including phenoxy) is 1. The fourth-order valence-electron chi connectivity index (χ4n) is 3.18. The zero-order chi connectivity index (χ0) is 12.1. The van der Waals surface area contributed by atoms with Gasteiger partial charge in [-0.2, -0.15) is 11.8 Å². The fourth-order valence-corrected chi connectivity index (χ4v) is 4.55. The van der Waals surface area contributed by atoms with E-state index in [1.165, 1.54) is 43.6 Å². The molecule has 2 rings (SSSR count). The third kappa shape index (κ3) is 3.87. The standard InChI is InChI=1S/C14H27NOS/c1-3-15-12(2)4-5-13-6-8-16-14(10-13)7-9-17-11-14/h12-13,15H,3-11H2,1-2H3. The quantitative estimate of drug-likeness (QED) is 0.818. The summed E-state index contributed by atoms with van der Waals surface area (Å²) in [5.74, 6) is 3.45. The van der Waals surface area contributed by atoms with Crippen molar-refractivity contribution in [3.63, 3.8) is 0 Å². The monoisotopic (exact) mass is 257 g/mol. The topological polar surface area (TPSA) is 21.3 Å². The van der Waals surface area contributed by atoms with Crippen LogP contribution in [0.4, 0.5) is 0 Å². The lowest BCUT2D eigenvalue weighted by Crippen LogP contribution is -2.40. The molecule has 2 saturated heterocycles. The molecule has 0 saturated carbocycles. The van der Waals surface area contributed by atoms with Gasteiger partial charge in [-0.25, -0.2) is 0 Å². The maximum absolute atomic E-state index is 6.07. The van der Waals surface area contributed by atoms with Gasteiger partial charge in [-0.1, -0.05) is 6.92 Å². The molecule has 2 aliphatic rings. The summed E-state index contributed by atoms with van der Waals surface area (Å²) in [5.41, 5.74) is 0.273. The molecule has 2 aliphatic heterocycles. The number of rotatable bonds is 5. The predicted molar refractivity (Wildman–Crippen MR) is 75.7 cm³/mol. The SMILES string of the molecule is CCNC(C)CCC1CCOC2(CCSC2)C1. The first-order valence-corrected chi connectivity index (χ1v) is 8.35. The van der Waals surface area contributed by atoms with Crippen LogP contribution in [0.3, 0.4) is 0 Å². The van der Waals surface area contributed by atoms with Gasteiger partial charge in [0, 0.05) is 18.4 Å². The van der Waals surface area contributed by atoms with Gasteiger partial charge in [0.2, 0.25) is 0 Å². The number of hydrogen-bond acceptors (Lipinski definition) is 3. The van der Waals surface area contributed by atoms with E-state index in [0.29, 0.717) is 6.04 Å². The van der Waals surface area contributed by atoms with Crippen LogP contribution in [0, 0.1) is 5.92 Å². The van der Waals surface area contributed by atoms with Gasteiger partial charge in [0.25, 0.3) is 0 Å². The fraction of sp³-hybridized carbons (Fsp3) is 1.00. The molecule has 0 amide bonds. The Hall–Kier alpha value is 0.270. The van der Waals surface area contributed by atoms with Crippen molar-refractivity contribution in [3.05, 3.63) is 0 Å². The van der Waals surface area contributed by atoms with Crippen LogP contribution in [0.25, 0.3) is 0 Å². The van der Waals surface area contributed by atoms with Crippen molar-refractivity contribution >= 4 is 11.8 Å². The van der Waals surface area contributed by atoms with Crippen LogP contribution < -0.4 is 5.32 Å². The Kier molecular flexibility index (Phi) is 5.19. The molecular formula is C14H27NOS. The van der Waals surface area contributed by atoms with Crippen molar-refractivity contribution in [1.29, 1.82) is 0 Å². The van der Waals surface area contributed by atoms with Crippen LogP contribution in [-0.4, -0.2) is 36.3 Å². The molecule has 17 heavy (non-hydrogen) atoms. The molecule has 0 aromatic rings. The van der Waals surface area contributed by atoms with Gasteiger partial charge in [0.05, 0.1) is 5.60 Å². The van der Waals surface area contributed by atoms with Crippen LogP contribution in [0.5, 0.6) is 0 Å². The molecule has 0 aromatic heterocycles. The van der Waals surface area contributed by atoms with E-state index < -0.39 is 0 Å². The number of hydrogen-bond donors (Lipinski definition) is 1. The number of nitrogens with one attached hydrogen (secondary N) is 1. The first-order chi connectivity index (χ1) is 8.24. The van der Waals surface area contributed by atoms with Crippen molar-refractivity contribution in [1.82, 2.24) is 5.32 Å². The molecule has 100 valence electrons. The van der Waals surface area contributed by atoms with Crippen molar-refractivity contribution in [3.8, 4) is 0 Å². The molecule has 2 nitrogen and oxygen atoms in total. The van der Waals surface area contributed by atoms with Crippen molar-refractivity contribution < 1.29 is 4.74 Å². The molecule has 1 N–H and O–H groups in total. The molecule has 2 fully saturated rings. The second-order valence-corrected chi connectivity index (χ2v) is 6.83. The van der Waals surface area contributed by atoms with Gasteiger partial charge in [0.1, 0.15) is 0 Å². The summed E-state index contributed by atoms with van der Waals surface area (Å²) in [7, 11) is 0. The minimum Gasteiger partial charge on any atom is -0.374 e. The Balaban J connectivity index is 1.74. The molecule has 0 bridgehead atoms. The van der Waals surface area contributed by atoms with Gasteiger partial charge in [-0.3, -0.25) is 0 Å².